The van der Waals surface area contributed by atoms with Gasteiger partial charge in [-0.25, -0.2) is 0 Å². The molecule has 1 unspecified atom stereocenters. The summed E-state index contributed by atoms with van der Waals surface area (Å²) in [6.07, 6.45) is 5.33. The van der Waals surface area contributed by atoms with E-state index in [2.05, 4.69) is 12.0 Å². The molecule has 15 heavy (non-hydrogen) atoms. The number of aryl methyl sites for hydroxylation is 1. The molecule has 0 radical (unpaired) electrons. The second-order valence-corrected chi connectivity index (χ2v) is 4.15. The lowest BCUT2D eigenvalue weighted by Gasteiger charge is -2.03. The van der Waals surface area contributed by atoms with Crippen LogP contribution < -0.4 is 5.73 Å². The fourth-order valence-corrected chi connectivity index (χ4v) is 1.95. The third-order valence-electron chi connectivity index (χ3n) is 2.88. The molecule has 1 atom stereocenters. The van der Waals surface area contributed by atoms with Crippen molar-refractivity contribution in [3.05, 3.63) is 11.9 Å². The third-order valence-corrected chi connectivity index (χ3v) is 2.88. The second kappa shape index (κ2) is 4.66. The van der Waals surface area contributed by atoms with Crippen LogP contribution in [0.25, 0.3) is 0 Å². The highest BCUT2D eigenvalue weighted by molar-refractivity contribution is 5.43. The van der Waals surface area contributed by atoms with Gasteiger partial charge in [0, 0.05) is 25.3 Å². The second-order valence-electron chi connectivity index (χ2n) is 4.15. The number of hydrogen-bond donors (Lipinski definition) is 1. The molecule has 2 heterocycles. The molecule has 0 spiro atoms. The van der Waals surface area contributed by atoms with Crippen LogP contribution in [0.5, 0.6) is 0 Å². The normalized spacial score (nSPS) is 21.0. The fraction of sp³-hybridized carbons (Fsp3) is 0.727. The van der Waals surface area contributed by atoms with E-state index in [4.69, 9.17) is 10.5 Å². The van der Waals surface area contributed by atoms with E-state index in [-0.39, 0.29) is 0 Å². The van der Waals surface area contributed by atoms with Gasteiger partial charge in [0.15, 0.2) is 0 Å². The Morgan fingerprint density at radius 3 is 3.20 bits per heavy atom. The van der Waals surface area contributed by atoms with Crippen molar-refractivity contribution in [1.82, 2.24) is 9.78 Å². The van der Waals surface area contributed by atoms with Crippen molar-refractivity contribution < 1.29 is 4.74 Å². The van der Waals surface area contributed by atoms with E-state index in [1.165, 1.54) is 6.42 Å². The maximum Gasteiger partial charge on any atom is 0.0908 e. The van der Waals surface area contributed by atoms with Crippen LogP contribution in [0.4, 0.5) is 5.69 Å². The molecular formula is C11H19N3O. The number of aromatic nitrogens is 2. The van der Waals surface area contributed by atoms with Gasteiger partial charge in [-0.05, 0) is 12.8 Å². The van der Waals surface area contributed by atoms with Crippen molar-refractivity contribution >= 4 is 5.69 Å². The quantitative estimate of drug-likeness (QED) is 0.822. The molecule has 1 aromatic rings. The van der Waals surface area contributed by atoms with Crippen molar-refractivity contribution in [2.75, 3.05) is 18.9 Å². The first-order valence-electron chi connectivity index (χ1n) is 5.72. The smallest absolute Gasteiger partial charge is 0.0908 e. The number of hydrogen-bond acceptors (Lipinski definition) is 3. The first-order chi connectivity index (χ1) is 7.31. The summed E-state index contributed by atoms with van der Waals surface area (Å²) in [5, 5.41) is 4.54. The number of nitrogen functional groups attached to an aromatic ring is 1. The van der Waals surface area contributed by atoms with Crippen LogP contribution in [0.2, 0.25) is 0 Å². The highest BCUT2D eigenvalue weighted by Gasteiger charge is 2.22. The van der Waals surface area contributed by atoms with Gasteiger partial charge in [-0.1, -0.05) is 13.3 Å². The van der Waals surface area contributed by atoms with Gasteiger partial charge in [0.1, 0.15) is 0 Å². The Labute approximate surface area is 90.4 Å². The number of nitrogens with two attached hydrogens (primary N) is 1. The molecule has 4 heteroatoms. The summed E-state index contributed by atoms with van der Waals surface area (Å²) in [6, 6.07) is 0. The highest BCUT2D eigenvalue weighted by Crippen LogP contribution is 2.27. The molecule has 0 saturated carbocycles. The Kier molecular flexibility index (Phi) is 3.26. The maximum absolute atomic E-state index is 5.95. The van der Waals surface area contributed by atoms with Crippen molar-refractivity contribution in [3.8, 4) is 0 Å². The Morgan fingerprint density at radius 1 is 1.67 bits per heavy atom. The lowest BCUT2D eigenvalue weighted by molar-refractivity contribution is 0.193. The first kappa shape index (κ1) is 10.5. The lowest BCUT2D eigenvalue weighted by Crippen LogP contribution is -2.04. The molecule has 2 rings (SSSR count). The molecule has 1 fully saturated rings. The number of rotatable bonds is 4. The van der Waals surface area contributed by atoms with Crippen LogP contribution in [0.3, 0.4) is 0 Å². The zero-order valence-corrected chi connectivity index (χ0v) is 9.28. The van der Waals surface area contributed by atoms with E-state index in [9.17, 15) is 0 Å². The SMILES string of the molecule is CCCCn1cc(N)c(C2CCOC2)n1. The number of nitrogens with zero attached hydrogens (tertiary/aromatic N) is 2. The first-order valence-corrected chi connectivity index (χ1v) is 5.72. The highest BCUT2D eigenvalue weighted by atomic mass is 16.5. The monoisotopic (exact) mass is 209 g/mol. The summed E-state index contributed by atoms with van der Waals surface area (Å²) >= 11 is 0. The van der Waals surface area contributed by atoms with Gasteiger partial charge < -0.3 is 10.5 Å². The van der Waals surface area contributed by atoms with Crippen LogP contribution in [-0.4, -0.2) is 23.0 Å². The minimum Gasteiger partial charge on any atom is -0.396 e. The summed E-state index contributed by atoms with van der Waals surface area (Å²) in [5.41, 5.74) is 7.81. The maximum atomic E-state index is 5.95. The average molecular weight is 209 g/mol. The van der Waals surface area contributed by atoms with Crippen molar-refractivity contribution in [2.24, 2.45) is 0 Å². The molecular weight excluding hydrogens is 190 g/mol. The predicted octanol–water partition coefficient (Wildman–Crippen LogP) is 1.77. The van der Waals surface area contributed by atoms with Gasteiger partial charge in [-0.15, -0.1) is 0 Å². The van der Waals surface area contributed by atoms with E-state index in [1.807, 2.05) is 10.9 Å². The standard InChI is InChI=1S/C11H19N3O/c1-2-3-5-14-7-10(12)11(13-14)9-4-6-15-8-9/h7,9H,2-6,8,12H2,1H3. The molecule has 84 valence electrons. The summed E-state index contributed by atoms with van der Waals surface area (Å²) in [5.74, 6) is 0.410. The van der Waals surface area contributed by atoms with Crippen molar-refractivity contribution in [2.45, 2.75) is 38.6 Å². The molecule has 0 bridgehead atoms. The molecule has 1 aliphatic heterocycles. The van der Waals surface area contributed by atoms with E-state index in [1.54, 1.807) is 0 Å². The lowest BCUT2D eigenvalue weighted by atomic mass is 10.0. The fourth-order valence-electron chi connectivity index (χ4n) is 1.95. The van der Waals surface area contributed by atoms with E-state index >= 15 is 0 Å². The van der Waals surface area contributed by atoms with E-state index in [0.29, 0.717) is 5.92 Å². The van der Waals surface area contributed by atoms with Gasteiger partial charge >= 0.3 is 0 Å². The molecule has 0 aromatic carbocycles. The van der Waals surface area contributed by atoms with Crippen LogP contribution in [0.15, 0.2) is 6.20 Å². The van der Waals surface area contributed by atoms with Crippen molar-refractivity contribution in [1.29, 1.82) is 0 Å². The zero-order valence-electron chi connectivity index (χ0n) is 9.28. The van der Waals surface area contributed by atoms with Gasteiger partial charge in [-0.2, -0.15) is 5.10 Å². The average Bonchev–Trinajstić information content (AvgIpc) is 2.83. The van der Waals surface area contributed by atoms with Gasteiger partial charge in [0.2, 0.25) is 0 Å². The molecule has 2 N–H and O–H groups in total. The molecule has 1 aromatic heterocycles. The molecule has 1 aliphatic rings. The summed E-state index contributed by atoms with van der Waals surface area (Å²) in [4.78, 5) is 0. The van der Waals surface area contributed by atoms with Crippen molar-refractivity contribution in [3.63, 3.8) is 0 Å². The molecule has 1 saturated heterocycles. The molecule has 4 nitrogen and oxygen atoms in total. The summed E-state index contributed by atoms with van der Waals surface area (Å²) in [6.45, 7) is 4.76. The largest absolute Gasteiger partial charge is 0.396 e. The van der Waals surface area contributed by atoms with E-state index in [0.717, 1.165) is 44.0 Å². The number of anilines is 1. The Morgan fingerprint density at radius 2 is 2.53 bits per heavy atom. The van der Waals surface area contributed by atoms with Crippen LogP contribution in [0, 0.1) is 0 Å². The summed E-state index contributed by atoms with van der Waals surface area (Å²) < 4.78 is 7.32. The number of unbranched alkanes of at least 4 members (excludes halogenated alkanes) is 1. The Balaban J connectivity index is 2.06. The van der Waals surface area contributed by atoms with Gasteiger partial charge in [-0.3, -0.25) is 4.68 Å². The van der Waals surface area contributed by atoms with Crippen LogP contribution in [0.1, 0.15) is 37.8 Å². The predicted molar refractivity (Wildman–Crippen MR) is 59.7 cm³/mol. The van der Waals surface area contributed by atoms with Gasteiger partial charge in [0.05, 0.1) is 18.0 Å². The molecule has 0 aliphatic carbocycles. The minimum atomic E-state index is 0.410. The Bertz CT molecular complexity index is 316. The number of ether oxygens (including phenoxy) is 1. The van der Waals surface area contributed by atoms with Crippen LogP contribution in [-0.2, 0) is 11.3 Å². The topological polar surface area (TPSA) is 53.1 Å². The van der Waals surface area contributed by atoms with E-state index < -0.39 is 0 Å². The zero-order chi connectivity index (χ0) is 10.7. The van der Waals surface area contributed by atoms with Crippen LogP contribution >= 0.6 is 0 Å². The van der Waals surface area contributed by atoms with Gasteiger partial charge in [0.25, 0.3) is 0 Å². The molecule has 0 amide bonds. The third kappa shape index (κ3) is 2.31. The summed E-state index contributed by atoms with van der Waals surface area (Å²) in [7, 11) is 0. The Hall–Kier alpha value is -1.03. The minimum absolute atomic E-state index is 0.410.